The van der Waals surface area contributed by atoms with Crippen molar-refractivity contribution in [2.75, 3.05) is 13.2 Å². The molecule has 21 heavy (non-hydrogen) atoms. The van der Waals surface area contributed by atoms with E-state index >= 15 is 0 Å². The molecule has 1 aromatic rings. The molecule has 0 spiro atoms. The average molecular weight is 358 g/mol. The highest BCUT2D eigenvalue weighted by Gasteiger charge is 2.33. The Morgan fingerprint density at radius 1 is 1.43 bits per heavy atom. The van der Waals surface area contributed by atoms with Gasteiger partial charge in [0.1, 0.15) is 0 Å². The van der Waals surface area contributed by atoms with Crippen LogP contribution in [0.15, 0.2) is 10.7 Å². The highest BCUT2D eigenvalue weighted by Crippen LogP contribution is 2.38. The molecule has 0 aliphatic heterocycles. The maximum Gasteiger partial charge on any atom is 0.0695 e. The lowest BCUT2D eigenvalue weighted by atomic mass is 9.77. The van der Waals surface area contributed by atoms with Crippen LogP contribution in [0.1, 0.15) is 58.2 Å². The second-order valence-corrected chi connectivity index (χ2v) is 6.71. The Hall–Kier alpha value is -0.390. The monoisotopic (exact) mass is 357 g/mol. The Kier molecular flexibility index (Phi) is 6.71. The van der Waals surface area contributed by atoms with Crippen molar-refractivity contribution in [1.82, 2.24) is 15.1 Å². The number of aryl methyl sites for hydroxylation is 1. The van der Waals surface area contributed by atoms with Crippen molar-refractivity contribution in [2.45, 2.75) is 65.1 Å². The fourth-order valence-corrected chi connectivity index (χ4v) is 3.73. The van der Waals surface area contributed by atoms with Gasteiger partial charge in [-0.2, -0.15) is 5.10 Å². The van der Waals surface area contributed by atoms with Crippen LogP contribution < -0.4 is 5.32 Å². The van der Waals surface area contributed by atoms with Gasteiger partial charge in [-0.3, -0.25) is 4.68 Å². The molecule has 1 atom stereocenters. The van der Waals surface area contributed by atoms with Crippen LogP contribution in [0, 0.1) is 5.92 Å². The molecule has 1 fully saturated rings. The van der Waals surface area contributed by atoms with Crippen molar-refractivity contribution in [3.05, 3.63) is 16.4 Å². The van der Waals surface area contributed by atoms with E-state index in [2.05, 4.69) is 51.8 Å². The Morgan fingerprint density at radius 2 is 2.19 bits per heavy atom. The topological polar surface area (TPSA) is 39.1 Å². The average Bonchev–Trinajstić information content (AvgIpc) is 2.81. The minimum absolute atomic E-state index is 0.384. The summed E-state index contributed by atoms with van der Waals surface area (Å²) in [6.07, 6.45) is 7.15. The summed E-state index contributed by atoms with van der Waals surface area (Å²) in [7, 11) is 0. The van der Waals surface area contributed by atoms with E-state index in [-0.39, 0.29) is 0 Å². The molecule has 1 N–H and O–H groups in total. The molecule has 1 unspecified atom stereocenters. The molecule has 120 valence electrons. The predicted molar refractivity (Wildman–Crippen MR) is 89.4 cm³/mol. The van der Waals surface area contributed by atoms with Crippen molar-refractivity contribution >= 4 is 15.9 Å². The number of nitrogens with one attached hydrogen (secondary N) is 1. The van der Waals surface area contributed by atoms with E-state index in [1.54, 1.807) is 0 Å². The SMILES string of the molecule is CCCNC(CC1CC(OCC)C1)c1c(Br)cnn1CC. The molecule has 1 aromatic heterocycles. The Morgan fingerprint density at radius 3 is 2.81 bits per heavy atom. The van der Waals surface area contributed by atoms with Gasteiger partial charge in [0, 0.05) is 13.2 Å². The third-order valence-corrected chi connectivity index (χ3v) is 4.88. The first kappa shape index (κ1) is 17.0. The highest BCUT2D eigenvalue weighted by atomic mass is 79.9. The number of hydrogen-bond donors (Lipinski definition) is 1. The van der Waals surface area contributed by atoms with Gasteiger partial charge in [0.05, 0.1) is 28.5 Å². The summed E-state index contributed by atoms with van der Waals surface area (Å²) in [6.45, 7) is 9.24. The summed E-state index contributed by atoms with van der Waals surface area (Å²) >= 11 is 3.67. The molecular formula is C16H28BrN3O. The normalized spacial score (nSPS) is 23.0. The molecule has 1 aliphatic rings. The van der Waals surface area contributed by atoms with Crippen LogP contribution in [0.5, 0.6) is 0 Å². The van der Waals surface area contributed by atoms with Crippen LogP contribution in [-0.4, -0.2) is 29.0 Å². The van der Waals surface area contributed by atoms with E-state index in [4.69, 9.17) is 4.74 Å². The molecule has 0 amide bonds. The third-order valence-electron chi connectivity index (χ3n) is 4.27. The number of ether oxygens (including phenoxy) is 1. The number of nitrogens with zero attached hydrogens (tertiary/aromatic N) is 2. The van der Waals surface area contributed by atoms with Crippen LogP contribution in [0.4, 0.5) is 0 Å². The van der Waals surface area contributed by atoms with Crippen molar-refractivity contribution in [3.63, 3.8) is 0 Å². The second-order valence-electron chi connectivity index (χ2n) is 5.85. The maximum absolute atomic E-state index is 5.68. The lowest BCUT2D eigenvalue weighted by molar-refractivity contribution is -0.0293. The van der Waals surface area contributed by atoms with E-state index in [1.807, 2.05) is 6.20 Å². The Bertz CT molecular complexity index is 429. The Labute approximate surface area is 136 Å². The van der Waals surface area contributed by atoms with Crippen LogP contribution in [-0.2, 0) is 11.3 Å². The first-order chi connectivity index (χ1) is 10.2. The quantitative estimate of drug-likeness (QED) is 0.727. The summed E-state index contributed by atoms with van der Waals surface area (Å²) in [5.41, 5.74) is 1.30. The fraction of sp³-hybridized carbons (Fsp3) is 0.812. The van der Waals surface area contributed by atoms with Gasteiger partial charge >= 0.3 is 0 Å². The molecule has 5 heteroatoms. The van der Waals surface area contributed by atoms with Gasteiger partial charge in [-0.1, -0.05) is 6.92 Å². The van der Waals surface area contributed by atoms with E-state index in [1.165, 1.54) is 25.0 Å². The van der Waals surface area contributed by atoms with E-state index in [0.717, 1.165) is 36.5 Å². The van der Waals surface area contributed by atoms with Crippen molar-refractivity contribution in [3.8, 4) is 0 Å². The number of hydrogen-bond acceptors (Lipinski definition) is 3. The maximum atomic E-state index is 5.68. The first-order valence-corrected chi connectivity index (χ1v) is 9.04. The van der Waals surface area contributed by atoms with E-state index < -0.39 is 0 Å². The zero-order valence-corrected chi connectivity index (χ0v) is 15.0. The molecule has 2 rings (SSSR count). The van der Waals surface area contributed by atoms with Crippen LogP contribution in [0.25, 0.3) is 0 Å². The fourth-order valence-electron chi connectivity index (χ4n) is 3.15. The summed E-state index contributed by atoms with van der Waals surface area (Å²) in [6, 6.07) is 0.384. The van der Waals surface area contributed by atoms with Gasteiger partial charge in [0.25, 0.3) is 0 Å². The molecule has 1 aliphatic carbocycles. The standard InChI is InChI=1S/C16H28BrN3O/c1-4-7-18-15(10-12-8-13(9-12)21-6-3)16-14(17)11-19-20(16)5-2/h11-13,15,18H,4-10H2,1-3H3. The van der Waals surface area contributed by atoms with Crippen LogP contribution >= 0.6 is 15.9 Å². The summed E-state index contributed by atoms with van der Waals surface area (Å²) < 4.78 is 8.91. The number of halogens is 1. The van der Waals surface area contributed by atoms with Gasteiger partial charge in [0.2, 0.25) is 0 Å². The van der Waals surface area contributed by atoms with Gasteiger partial charge in [-0.05, 0) is 67.9 Å². The zero-order valence-electron chi connectivity index (χ0n) is 13.4. The second kappa shape index (κ2) is 8.30. The molecule has 0 bridgehead atoms. The van der Waals surface area contributed by atoms with Gasteiger partial charge < -0.3 is 10.1 Å². The number of rotatable bonds is 9. The smallest absolute Gasteiger partial charge is 0.0695 e. The molecule has 0 radical (unpaired) electrons. The molecule has 1 heterocycles. The summed E-state index contributed by atoms with van der Waals surface area (Å²) in [5, 5.41) is 8.17. The molecule has 1 saturated carbocycles. The van der Waals surface area contributed by atoms with Crippen molar-refractivity contribution < 1.29 is 4.74 Å². The molecule has 0 saturated heterocycles. The predicted octanol–water partition coefficient (Wildman–Crippen LogP) is 3.91. The highest BCUT2D eigenvalue weighted by molar-refractivity contribution is 9.10. The summed E-state index contributed by atoms with van der Waals surface area (Å²) in [5.74, 6) is 0.767. The third kappa shape index (κ3) is 4.30. The molecule has 4 nitrogen and oxygen atoms in total. The minimum atomic E-state index is 0.384. The van der Waals surface area contributed by atoms with Crippen LogP contribution in [0.2, 0.25) is 0 Å². The summed E-state index contributed by atoms with van der Waals surface area (Å²) in [4.78, 5) is 0. The minimum Gasteiger partial charge on any atom is -0.378 e. The van der Waals surface area contributed by atoms with Gasteiger partial charge in [-0.25, -0.2) is 0 Å². The lowest BCUT2D eigenvalue weighted by Gasteiger charge is -2.37. The zero-order chi connectivity index (χ0) is 15.2. The number of aromatic nitrogens is 2. The van der Waals surface area contributed by atoms with Crippen molar-refractivity contribution in [1.29, 1.82) is 0 Å². The Balaban J connectivity index is 1.99. The molecule has 0 aromatic carbocycles. The van der Waals surface area contributed by atoms with E-state index in [0.29, 0.717) is 12.1 Å². The van der Waals surface area contributed by atoms with E-state index in [9.17, 15) is 0 Å². The largest absolute Gasteiger partial charge is 0.378 e. The lowest BCUT2D eigenvalue weighted by Crippen LogP contribution is -2.35. The van der Waals surface area contributed by atoms with Gasteiger partial charge in [0.15, 0.2) is 0 Å². The van der Waals surface area contributed by atoms with Crippen molar-refractivity contribution in [2.24, 2.45) is 5.92 Å². The molecular weight excluding hydrogens is 330 g/mol. The first-order valence-electron chi connectivity index (χ1n) is 8.25. The van der Waals surface area contributed by atoms with Crippen LogP contribution in [0.3, 0.4) is 0 Å². The van der Waals surface area contributed by atoms with Gasteiger partial charge in [-0.15, -0.1) is 0 Å².